The number of nitrogens with one attached hydrogen (secondary N) is 1. The molecule has 2 aromatic rings. The molecule has 0 saturated heterocycles. The first-order valence-corrected chi connectivity index (χ1v) is 7.78. The summed E-state index contributed by atoms with van der Waals surface area (Å²) in [5.41, 5.74) is 1.42. The molecule has 7 heteroatoms. The van der Waals surface area contributed by atoms with E-state index >= 15 is 0 Å². The average Bonchev–Trinajstić information content (AvgIpc) is 2.58. The van der Waals surface area contributed by atoms with Crippen molar-refractivity contribution in [2.75, 3.05) is 13.2 Å². The van der Waals surface area contributed by atoms with Crippen molar-refractivity contribution >= 4 is 11.6 Å². The Bertz CT molecular complexity index is 776. The van der Waals surface area contributed by atoms with Crippen LogP contribution in [-0.2, 0) is 0 Å². The molecule has 2 aromatic carbocycles. The van der Waals surface area contributed by atoms with Gasteiger partial charge in [0.05, 0.1) is 4.92 Å². The molecule has 132 valence electrons. The average molecular weight is 344 g/mol. The lowest BCUT2D eigenvalue weighted by molar-refractivity contribution is -0.385. The molecule has 1 unspecified atom stereocenters. The van der Waals surface area contributed by atoms with Gasteiger partial charge in [0.15, 0.2) is 0 Å². The van der Waals surface area contributed by atoms with Gasteiger partial charge in [-0.3, -0.25) is 14.9 Å². The summed E-state index contributed by atoms with van der Waals surface area (Å²) >= 11 is 0. The van der Waals surface area contributed by atoms with Gasteiger partial charge in [0.25, 0.3) is 11.6 Å². The summed E-state index contributed by atoms with van der Waals surface area (Å²) in [4.78, 5) is 22.6. The van der Waals surface area contributed by atoms with Crippen molar-refractivity contribution in [3.63, 3.8) is 0 Å². The Kier molecular flexibility index (Phi) is 6.08. The van der Waals surface area contributed by atoms with E-state index in [0.29, 0.717) is 5.75 Å². The largest absolute Gasteiger partial charge is 0.491 e. The number of benzene rings is 2. The third-order valence-electron chi connectivity index (χ3n) is 3.68. The minimum atomic E-state index is -0.900. The zero-order valence-electron chi connectivity index (χ0n) is 14.1. The van der Waals surface area contributed by atoms with Crippen molar-refractivity contribution in [3.8, 4) is 5.75 Å². The molecule has 0 bridgehead atoms. The molecule has 0 aromatic heterocycles. The first-order chi connectivity index (χ1) is 11.9. The standard InChI is InChI=1S/C18H20N2O5/c1-12-5-3-6-15(9-12)25-11-14(21)10-19-18(22)16-7-4-8-17(13(16)2)20(23)24/h3-9,14,21H,10-11H2,1-2H3,(H,19,22). The zero-order valence-corrected chi connectivity index (χ0v) is 14.1. The molecule has 7 nitrogen and oxygen atoms in total. The molecule has 0 saturated carbocycles. The van der Waals surface area contributed by atoms with Crippen LogP contribution in [0.5, 0.6) is 5.75 Å². The van der Waals surface area contributed by atoms with Gasteiger partial charge >= 0.3 is 0 Å². The van der Waals surface area contributed by atoms with Gasteiger partial charge < -0.3 is 15.2 Å². The molecule has 0 spiro atoms. The Labute approximate surface area is 145 Å². The molecule has 0 radical (unpaired) electrons. The highest BCUT2D eigenvalue weighted by Crippen LogP contribution is 2.20. The summed E-state index contributed by atoms with van der Waals surface area (Å²) in [6, 6.07) is 11.7. The maximum absolute atomic E-state index is 12.2. The number of aliphatic hydroxyl groups is 1. The number of hydrogen-bond acceptors (Lipinski definition) is 5. The first kappa shape index (κ1) is 18.4. The monoisotopic (exact) mass is 344 g/mol. The zero-order chi connectivity index (χ0) is 18.4. The Morgan fingerprint density at radius 3 is 2.68 bits per heavy atom. The summed E-state index contributed by atoms with van der Waals surface area (Å²) in [5, 5.41) is 23.4. The second kappa shape index (κ2) is 8.25. The maximum Gasteiger partial charge on any atom is 0.273 e. The van der Waals surface area contributed by atoms with Crippen LogP contribution < -0.4 is 10.1 Å². The fourth-order valence-electron chi connectivity index (χ4n) is 2.33. The van der Waals surface area contributed by atoms with Gasteiger partial charge in [-0.15, -0.1) is 0 Å². The van der Waals surface area contributed by atoms with Crippen molar-refractivity contribution in [1.29, 1.82) is 0 Å². The Balaban J connectivity index is 1.89. The van der Waals surface area contributed by atoms with E-state index in [4.69, 9.17) is 4.74 Å². The van der Waals surface area contributed by atoms with Crippen LogP contribution in [-0.4, -0.2) is 35.2 Å². The number of hydrogen-bond donors (Lipinski definition) is 2. The van der Waals surface area contributed by atoms with Crippen LogP contribution in [0, 0.1) is 24.0 Å². The molecule has 1 atom stereocenters. The number of nitro benzene ring substituents is 1. The molecule has 1 amide bonds. The smallest absolute Gasteiger partial charge is 0.273 e. The molecule has 2 rings (SSSR count). The number of aliphatic hydroxyl groups excluding tert-OH is 1. The van der Waals surface area contributed by atoms with Crippen molar-refractivity contribution in [1.82, 2.24) is 5.32 Å². The van der Waals surface area contributed by atoms with Crippen LogP contribution in [0.1, 0.15) is 21.5 Å². The van der Waals surface area contributed by atoms with Crippen LogP contribution in [0.4, 0.5) is 5.69 Å². The highest BCUT2D eigenvalue weighted by molar-refractivity contribution is 5.96. The van der Waals surface area contributed by atoms with Gasteiger partial charge in [-0.1, -0.05) is 18.2 Å². The van der Waals surface area contributed by atoms with Gasteiger partial charge in [0, 0.05) is 23.7 Å². The lowest BCUT2D eigenvalue weighted by Gasteiger charge is -2.14. The van der Waals surface area contributed by atoms with Gasteiger partial charge in [0.2, 0.25) is 0 Å². The predicted molar refractivity (Wildman–Crippen MR) is 92.8 cm³/mol. The van der Waals surface area contributed by atoms with Gasteiger partial charge in [-0.25, -0.2) is 0 Å². The molecule has 2 N–H and O–H groups in total. The number of aryl methyl sites for hydroxylation is 1. The van der Waals surface area contributed by atoms with Crippen molar-refractivity contribution in [2.45, 2.75) is 20.0 Å². The van der Waals surface area contributed by atoms with Crippen LogP contribution in [0.25, 0.3) is 0 Å². The molecule has 0 aliphatic carbocycles. The summed E-state index contributed by atoms with van der Waals surface area (Å²) in [6.07, 6.45) is -0.900. The van der Waals surface area contributed by atoms with Crippen LogP contribution >= 0.6 is 0 Å². The number of nitro groups is 1. The van der Waals surface area contributed by atoms with E-state index in [0.717, 1.165) is 5.56 Å². The highest BCUT2D eigenvalue weighted by Gasteiger charge is 2.18. The molecule has 0 heterocycles. The Morgan fingerprint density at radius 1 is 1.28 bits per heavy atom. The summed E-state index contributed by atoms with van der Waals surface area (Å²) in [7, 11) is 0. The van der Waals surface area contributed by atoms with Crippen molar-refractivity contribution in [3.05, 3.63) is 69.3 Å². The van der Waals surface area contributed by atoms with Gasteiger partial charge in [0.1, 0.15) is 18.5 Å². The second-order valence-corrected chi connectivity index (χ2v) is 5.70. The fourth-order valence-corrected chi connectivity index (χ4v) is 2.33. The van der Waals surface area contributed by atoms with E-state index in [9.17, 15) is 20.0 Å². The lowest BCUT2D eigenvalue weighted by atomic mass is 10.1. The molecular weight excluding hydrogens is 324 g/mol. The number of carbonyl (C=O) groups excluding carboxylic acids is 1. The molecule has 0 aliphatic rings. The highest BCUT2D eigenvalue weighted by atomic mass is 16.6. The molecular formula is C18H20N2O5. The summed E-state index contributed by atoms with van der Waals surface area (Å²) in [5.74, 6) is 0.163. The number of ether oxygens (including phenoxy) is 1. The van der Waals surface area contributed by atoms with Crippen LogP contribution in [0.2, 0.25) is 0 Å². The van der Waals surface area contributed by atoms with E-state index in [1.54, 1.807) is 6.07 Å². The van der Waals surface area contributed by atoms with Crippen molar-refractivity contribution < 1.29 is 19.6 Å². The number of nitrogens with zero attached hydrogens (tertiary/aromatic N) is 1. The fraction of sp³-hybridized carbons (Fsp3) is 0.278. The van der Waals surface area contributed by atoms with Crippen LogP contribution in [0.15, 0.2) is 42.5 Å². The Morgan fingerprint density at radius 2 is 2.00 bits per heavy atom. The van der Waals surface area contributed by atoms with Gasteiger partial charge in [-0.05, 0) is 37.6 Å². The van der Waals surface area contributed by atoms with Gasteiger partial charge in [-0.2, -0.15) is 0 Å². The summed E-state index contributed by atoms with van der Waals surface area (Å²) in [6.45, 7) is 3.46. The predicted octanol–water partition coefficient (Wildman–Crippen LogP) is 2.38. The van der Waals surface area contributed by atoms with Crippen LogP contribution in [0.3, 0.4) is 0 Å². The first-order valence-electron chi connectivity index (χ1n) is 7.78. The minimum absolute atomic E-state index is 0.0211. The van der Waals surface area contributed by atoms with E-state index in [-0.39, 0.29) is 30.0 Å². The van der Waals surface area contributed by atoms with E-state index in [1.807, 2.05) is 25.1 Å². The summed E-state index contributed by atoms with van der Waals surface area (Å²) < 4.78 is 5.47. The lowest BCUT2D eigenvalue weighted by Crippen LogP contribution is -2.35. The number of carbonyl (C=O) groups is 1. The SMILES string of the molecule is Cc1cccc(OCC(O)CNC(=O)c2cccc([N+](=O)[O-])c2C)c1. The molecule has 25 heavy (non-hydrogen) atoms. The molecule has 0 fully saturated rings. The Hall–Kier alpha value is -2.93. The number of amides is 1. The van der Waals surface area contributed by atoms with E-state index in [1.165, 1.54) is 25.1 Å². The normalized spacial score (nSPS) is 11.6. The second-order valence-electron chi connectivity index (χ2n) is 5.70. The minimum Gasteiger partial charge on any atom is -0.491 e. The third kappa shape index (κ3) is 5.02. The van der Waals surface area contributed by atoms with E-state index in [2.05, 4.69) is 5.32 Å². The molecule has 0 aliphatic heterocycles. The quantitative estimate of drug-likeness (QED) is 0.593. The maximum atomic E-state index is 12.2. The topological polar surface area (TPSA) is 102 Å². The van der Waals surface area contributed by atoms with Crippen molar-refractivity contribution in [2.24, 2.45) is 0 Å². The number of rotatable bonds is 7. The third-order valence-corrected chi connectivity index (χ3v) is 3.68. The van der Waals surface area contributed by atoms with E-state index < -0.39 is 16.9 Å².